The molecule has 1 saturated carbocycles. The lowest BCUT2D eigenvalue weighted by Crippen LogP contribution is -2.50. The van der Waals surface area contributed by atoms with E-state index in [1.165, 1.54) is 25.8 Å². The van der Waals surface area contributed by atoms with E-state index < -0.39 is 0 Å². The van der Waals surface area contributed by atoms with Crippen LogP contribution < -0.4 is 10.6 Å². The highest BCUT2D eigenvalue weighted by molar-refractivity contribution is 5.74. The van der Waals surface area contributed by atoms with E-state index in [0.717, 1.165) is 44.3 Å². The highest BCUT2D eigenvalue weighted by Gasteiger charge is 2.34. The van der Waals surface area contributed by atoms with E-state index in [9.17, 15) is 4.79 Å². The Morgan fingerprint density at radius 1 is 1.21 bits per heavy atom. The fraction of sp³-hybridized carbons (Fsp3) is 0.933. The Balaban J connectivity index is 1.49. The number of amides is 2. The van der Waals surface area contributed by atoms with Gasteiger partial charge in [-0.2, -0.15) is 0 Å². The Morgan fingerprint density at radius 3 is 2.89 bits per heavy atom. The Hall–Kier alpha value is -0.770. The first-order valence-corrected chi connectivity index (χ1v) is 7.98. The molecule has 4 heteroatoms. The first-order valence-electron chi connectivity index (χ1n) is 7.98. The van der Waals surface area contributed by atoms with Crippen molar-refractivity contribution < 1.29 is 4.79 Å². The second-order valence-corrected chi connectivity index (χ2v) is 6.83. The highest BCUT2D eigenvalue weighted by atomic mass is 16.2. The minimum Gasteiger partial charge on any atom is -0.335 e. The van der Waals surface area contributed by atoms with Crippen molar-refractivity contribution in [3.05, 3.63) is 0 Å². The molecule has 2 amide bonds. The number of urea groups is 1. The van der Waals surface area contributed by atoms with E-state index in [1.807, 2.05) is 4.90 Å². The maximum absolute atomic E-state index is 12.3. The number of hydrogen-bond donors (Lipinski definition) is 2. The average molecular weight is 265 g/mol. The molecule has 2 unspecified atom stereocenters. The van der Waals surface area contributed by atoms with Gasteiger partial charge in [-0.25, -0.2) is 4.79 Å². The number of nitrogens with zero attached hydrogens (tertiary/aromatic N) is 1. The van der Waals surface area contributed by atoms with E-state index in [4.69, 9.17) is 0 Å². The summed E-state index contributed by atoms with van der Waals surface area (Å²) in [7, 11) is 0. The van der Waals surface area contributed by atoms with Gasteiger partial charge in [-0.15, -0.1) is 0 Å². The molecule has 0 aromatic rings. The Labute approximate surface area is 116 Å². The van der Waals surface area contributed by atoms with E-state index in [2.05, 4.69) is 17.6 Å². The maximum Gasteiger partial charge on any atom is 0.317 e. The van der Waals surface area contributed by atoms with Crippen LogP contribution in [0.4, 0.5) is 4.79 Å². The van der Waals surface area contributed by atoms with Crippen molar-refractivity contribution in [1.29, 1.82) is 0 Å². The zero-order valence-electron chi connectivity index (χ0n) is 12.0. The lowest BCUT2D eigenvalue weighted by molar-refractivity contribution is 0.158. The zero-order chi connectivity index (χ0) is 13.2. The third kappa shape index (κ3) is 3.04. The number of rotatable bonds is 1. The van der Waals surface area contributed by atoms with Gasteiger partial charge >= 0.3 is 6.03 Å². The molecule has 2 saturated heterocycles. The van der Waals surface area contributed by atoms with Crippen LogP contribution in [0.3, 0.4) is 0 Å². The molecule has 3 fully saturated rings. The van der Waals surface area contributed by atoms with Crippen molar-refractivity contribution >= 4 is 6.03 Å². The van der Waals surface area contributed by atoms with E-state index >= 15 is 0 Å². The predicted molar refractivity (Wildman–Crippen MR) is 76.0 cm³/mol. The van der Waals surface area contributed by atoms with Gasteiger partial charge in [-0.05, 0) is 62.9 Å². The van der Waals surface area contributed by atoms with Crippen LogP contribution in [0.2, 0.25) is 0 Å². The predicted octanol–water partition coefficient (Wildman–Crippen LogP) is 1.82. The molecule has 1 aliphatic carbocycles. The molecule has 0 bridgehead atoms. The van der Waals surface area contributed by atoms with Crippen LogP contribution in [0.25, 0.3) is 0 Å². The summed E-state index contributed by atoms with van der Waals surface area (Å²) in [5.41, 5.74) is 0. The standard InChI is InChI=1S/C15H27N3O/c1-11-3-2-6-18(10-11)15(19)17-14-5-4-12-8-16-9-13(12)7-14/h11-14,16H,2-10H2,1H3,(H,17,19)/t11?,12-,13+,14?/m0/s1. The van der Waals surface area contributed by atoms with Crippen LogP contribution in [-0.2, 0) is 0 Å². The van der Waals surface area contributed by atoms with Gasteiger partial charge in [0.05, 0.1) is 0 Å². The molecule has 3 rings (SSSR count). The van der Waals surface area contributed by atoms with Gasteiger partial charge < -0.3 is 15.5 Å². The molecule has 4 atom stereocenters. The summed E-state index contributed by atoms with van der Waals surface area (Å²) in [4.78, 5) is 14.3. The monoisotopic (exact) mass is 265 g/mol. The van der Waals surface area contributed by atoms with Gasteiger partial charge in [0.25, 0.3) is 0 Å². The largest absolute Gasteiger partial charge is 0.335 e. The van der Waals surface area contributed by atoms with E-state index in [0.29, 0.717) is 12.0 Å². The van der Waals surface area contributed by atoms with E-state index in [-0.39, 0.29) is 6.03 Å². The smallest absolute Gasteiger partial charge is 0.317 e. The molecule has 0 aromatic carbocycles. The fourth-order valence-corrected chi connectivity index (χ4v) is 4.07. The lowest BCUT2D eigenvalue weighted by Gasteiger charge is -2.35. The first kappa shape index (κ1) is 13.2. The van der Waals surface area contributed by atoms with Crippen molar-refractivity contribution in [2.24, 2.45) is 17.8 Å². The Kier molecular flexibility index (Phi) is 3.96. The minimum atomic E-state index is 0.181. The molecule has 19 heavy (non-hydrogen) atoms. The molecule has 0 aromatic heterocycles. The second kappa shape index (κ2) is 5.70. The lowest BCUT2D eigenvalue weighted by atomic mass is 9.79. The van der Waals surface area contributed by atoms with Gasteiger partial charge in [0.1, 0.15) is 0 Å². The topological polar surface area (TPSA) is 44.4 Å². The number of piperidine rings is 1. The molecular formula is C15H27N3O. The highest BCUT2D eigenvalue weighted by Crippen LogP contribution is 2.32. The normalized spacial score (nSPS) is 38.9. The summed E-state index contributed by atoms with van der Waals surface area (Å²) in [6.45, 7) is 6.46. The van der Waals surface area contributed by atoms with Crippen LogP contribution in [0.15, 0.2) is 0 Å². The van der Waals surface area contributed by atoms with Crippen molar-refractivity contribution in [1.82, 2.24) is 15.5 Å². The molecule has 2 heterocycles. The van der Waals surface area contributed by atoms with Crippen molar-refractivity contribution in [3.8, 4) is 0 Å². The van der Waals surface area contributed by atoms with Crippen LogP contribution in [-0.4, -0.2) is 43.2 Å². The summed E-state index contributed by atoms with van der Waals surface area (Å²) in [6, 6.07) is 0.590. The summed E-state index contributed by atoms with van der Waals surface area (Å²) in [6.07, 6.45) is 6.04. The molecule has 0 radical (unpaired) electrons. The number of carbonyl (C=O) groups is 1. The van der Waals surface area contributed by atoms with Crippen molar-refractivity contribution in [3.63, 3.8) is 0 Å². The van der Waals surface area contributed by atoms with Gasteiger partial charge in [0, 0.05) is 19.1 Å². The SMILES string of the molecule is CC1CCCN(C(=O)NC2CC[C@H]3CNC[C@H]3C2)C1. The molecular weight excluding hydrogens is 238 g/mol. The second-order valence-electron chi connectivity index (χ2n) is 6.83. The molecule has 3 aliphatic rings. The fourth-order valence-electron chi connectivity index (χ4n) is 4.07. The maximum atomic E-state index is 12.3. The van der Waals surface area contributed by atoms with Crippen LogP contribution >= 0.6 is 0 Å². The first-order chi connectivity index (χ1) is 9.22. The van der Waals surface area contributed by atoms with Gasteiger partial charge in [-0.3, -0.25) is 0 Å². The van der Waals surface area contributed by atoms with Gasteiger partial charge in [-0.1, -0.05) is 6.92 Å². The van der Waals surface area contributed by atoms with E-state index in [1.54, 1.807) is 0 Å². The van der Waals surface area contributed by atoms with Gasteiger partial charge in [0.15, 0.2) is 0 Å². The average Bonchev–Trinajstić information content (AvgIpc) is 2.86. The van der Waals surface area contributed by atoms with Gasteiger partial charge in [0.2, 0.25) is 0 Å². The molecule has 2 N–H and O–H groups in total. The summed E-state index contributed by atoms with van der Waals surface area (Å²) < 4.78 is 0. The van der Waals surface area contributed by atoms with Crippen molar-refractivity contribution in [2.75, 3.05) is 26.2 Å². The number of fused-ring (bicyclic) bond motifs is 1. The number of nitrogens with one attached hydrogen (secondary N) is 2. The number of likely N-dealkylation sites (tertiary alicyclic amines) is 1. The molecule has 108 valence electrons. The molecule has 2 aliphatic heterocycles. The molecule has 0 spiro atoms. The minimum absolute atomic E-state index is 0.181. The van der Waals surface area contributed by atoms with Crippen LogP contribution in [0, 0.1) is 17.8 Å². The Bertz CT molecular complexity index is 333. The Morgan fingerprint density at radius 2 is 2.05 bits per heavy atom. The van der Waals surface area contributed by atoms with Crippen molar-refractivity contribution in [2.45, 2.75) is 45.1 Å². The third-order valence-electron chi connectivity index (χ3n) is 5.22. The third-order valence-corrected chi connectivity index (χ3v) is 5.22. The number of carbonyl (C=O) groups excluding carboxylic acids is 1. The quantitative estimate of drug-likeness (QED) is 0.759. The zero-order valence-corrected chi connectivity index (χ0v) is 12.0. The summed E-state index contributed by atoms with van der Waals surface area (Å²) >= 11 is 0. The number of hydrogen-bond acceptors (Lipinski definition) is 2. The summed E-state index contributed by atoms with van der Waals surface area (Å²) in [5, 5.41) is 6.77. The molecule has 4 nitrogen and oxygen atoms in total. The van der Waals surface area contributed by atoms with Crippen LogP contribution in [0.1, 0.15) is 39.0 Å². The summed E-state index contributed by atoms with van der Waals surface area (Å²) in [5.74, 6) is 2.32. The van der Waals surface area contributed by atoms with Crippen LogP contribution in [0.5, 0.6) is 0 Å².